The molecule has 1 aliphatic rings. The number of hydrogen-bond acceptors (Lipinski definition) is 4. The summed E-state index contributed by atoms with van der Waals surface area (Å²) in [7, 11) is -4.22. The molecule has 0 unspecified atom stereocenters. The van der Waals surface area contributed by atoms with Crippen LogP contribution in [-0.2, 0) is 14.8 Å². The summed E-state index contributed by atoms with van der Waals surface area (Å²) in [6, 6.07) is 1.08. The van der Waals surface area contributed by atoms with Crippen LogP contribution in [0.1, 0.15) is 12.8 Å². The third-order valence-corrected chi connectivity index (χ3v) is 3.83. The Bertz CT molecular complexity index is 636. The van der Waals surface area contributed by atoms with Crippen LogP contribution in [0.5, 0.6) is 5.75 Å². The van der Waals surface area contributed by atoms with E-state index < -0.39 is 44.8 Å². The minimum Gasteiger partial charge on any atom is -0.478 e. The summed E-state index contributed by atoms with van der Waals surface area (Å²) in [5, 5.41) is 7.34. The zero-order valence-electron chi connectivity index (χ0n) is 10.9. The van der Waals surface area contributed by atoms with E-state index in [-0.39, 0.29) is 0 Å². The average Bonchev–Trinajstić information content (AvgIpc) is 3.18. The predicted molar refractivity (Wildman–Crippen MR) is 69.0 cm³/mol. The third-order valence-electron chi connectivity index (χ3n) is 2.93. The van der Waals surface area contributed by atoms with Gasteiger partial charge in [0.1, 0.15) is 0 Å². The van der Waals surface area contributed by atoms with E-state index >= 15 is 0 Å². The number of carbonyl (C=O) groups excluding carboxylic acids is 1. The summed E-state index contributed by atoms with van der Waals surface area (Å²) in [4.78, 5) is 10.7. The number of amides is 1. The maximum atomic E-state index is 13.6. The molecule has 1 aromatic carbocycles. The fraction of sp³-hybridized carbons (Fsp3) is 0.417. The number of rotatable bonds is 6. The van der Waals surface area contributed by atoms with Gasteiger partial charge < -0.3 is 10.1 Å². The van der Waals surface area contributed by atoms with Crippen LogP contribution in [0.4, 0.5) is 8.78 Å². The van der Waals surface area contributed by atoms with E-state index in [1.807, 2.05) is 0 Å². The Morgan fingerprint density at radius 2 is 1.90 bits per heavy atom. The topological polar surface area (TPSA) is 98.5 Å². The van der Waals surface area contributed by atoms with Crippen LogP contribution in [0.15, 0.2) is 17.0 Å². The maximum Gasteiger partial charge on any atom is 0.257 e. The third kappa shape index (κ3) is 4.36. The first-order valence-electron chi connectivity index (χ1n) is 6.18. The van der Waals surface area contributed by atoms with Crippen molar-refractivity contribution >= 4 is 15.9 Å². The first kappa shape index (κ1) is 15.6. The number of nitrogens with two attached hydrogens (primary N) is 1. The van der Waals surface area contributed by atoms with Crippen molar-refractivity contribution in [1.82, 2.24) is 5.32 Å². The standard InChI is InChI=1S/C12H14F2N2O4S/c13-9-3-8(21(15,18)19)4-10(14)12(9)20-6-11(17)16-5-7-1-2-7/h3-4,7H,1-2,5-6H2,(H,16,17)(H2,15,18,19). The van der Waals surface area contributed by atoms with Gasteiger partial charge in [0.2, 0.25) is 10.0 Å². The molecule has 116 valence electrons. The maximum absolute atomic E-state index is 13.6. The second-order valence-electron chi connectivity index (χ2n) is 4.80. The Labute approximate surface area is 120 Å². The van der Waals surface area contributed by atoms with Crippen LogP contribution in [0.3, 0.4) is 0 Å². The summed E-state index contributed by atoms with van der Waals surface area (Å²) in [6.45, 7) is -0.0488. The highest BCUT2D eigenvalue weighted by molar-refractivity contribution is 7.89. The molecule has 9 heteroatoms. The van der Waals surface area contributed by atoms with Crippen LogP contribution in [-0.4, -0.2) is 27.5 Å². The van der Waals surface area contributed by atoms with Gasteiger partial charge in [-0.2, -0.15) is 0 Å². The summed E-state index contributed by atoms with van der Waals surface area (Å²) >= 11 is 0. The highest BCUT2D eigenvalue weighted by Crippen LogP contribution is 2.27. The Morgan fingerprint density at radius 3 is 2.38 bits per heavy atom. The Kier molecular flexibility index (Phi) is 4.43. The molecule has 0 atom stereocenters. The summed E-state index contributed by atoms with van der Waals surface area (Å²) in [6.07, 6.45) is 2.11. The molecule has 0 aliphatic heterocycles. The lowest BCUT2D eigenvalue weighted by Crippen LogP contribution is -2.30. The second-order valence-corrected chi connectivity index (χ2v) is 6.36. The molecule has 1 fully saturated rings. The molecule has 0 heterocycles. The zero-order valence-corrected chi connectivity index (χ0v) is 11.8. The molecule has 0 bridgehead atoms. The summed E-state index contributed by atoms with van der Waals surface area (Å²) in [5.74, 6) is -3.33. The van der Waals surface area contributed by atoms with E-state index in [2.05, 4.69) is 5.32 Å². The molecule has 0 spiro atoms. The van der Waals surface area contributed by atoms with E-state index in [0.717, 1.165) is 12.8 Å². The van der Waals surface area contributed by atoms with Crippen LogP contribution in [0.25, 0.3) is 0 Å². The minimum atomic E-state index is -4.22. The van der Waals surface area contributed by atoms with Crippen molar-refractivity contribution in [3.05, 3.63) is 23.8 Å². The number of halogens is 2. The van der Waals surface area contributed by atoms with Gasteiger partial charge in [0.15, 0.2) is 24.0 Å². The van der Waals surface area contributed by atoms with E-state index in [1.165, 1.54) is 0 Å². The lowest BCUT2D eigenvalue weighted by atomic mass is 10.3. The lowest BCUT2D eigenvalue weighted by molar-refractivity contribution is -0.123. The minimum absolute atomic E-state index is 0.469. The highest BCUT2D eigenvalue weighted by Gasteiger charge is 2.22. The van der Waals surface area contributed by atoms with Crippen LogP contribution < -0.4 is 15.2 Å². The van der Waals surface area contributed by atoms with Crippen molar-refractivity contribution in [1.29, 1.82) is 0 Å². The quantitative estimate of drug-likeness (QED) is 0.798. The first-order valence-corrected chi connectivity index (χ1v) is 7.73. The molecule has 3 N–H and O–H groups in total. The van der Waals surface area contributed by atoms with Gasteiger partial charge in [-0.25, -0.2) is 22.3 Å². The molecule has 1 saturated carbocycles. The van der Waals surface area contributed by atoms with Gasteiger partial charge in [0.05, 0.1) is 4.90 Å². The highest BCUT2D eigenvalue weighted by atomic mass is 32.2. The van der Waals surface area contributed by atoms with Gasteiger partial charge >= 0.3 is 0 Å². The monoisotopic (exact) mass is 320 g/mol. The van der Waals surface area contributed by atoms with Crippen molar-refractivity contribution < 1.29 is 26.7 Å². The zero-order chi connectivity index (χ0) is 15.6. The van der Waals surface area contributed by atoms with Crippen LogP contribution in [0.2, 0.25) is 0 Å². The molecule has 1 aromatic rings. The fourth-order valence-electron chi connectivity index (χ4n) is 1.61. The fourth-order valence-corrected chi connectivity index (χ4v) is 2.14. The van der Waals surface area contributed by atoms with E-state index in [0.29, 0.717) is 24.6 Å². The van der Waals surface area contributed by atoms with Gasteiger partial charge in [-0.15, -0.1) is 0 Å². The average molecular weight is 320 g/mol. The largest absolute Gasteiger partial charge is 0.478 e. The lowest BCUT2D eigenvalue weighted by Gasteiger charge is -2.09. The molecule has 0 aromatic heterocycles. The molecule has 1 amide bonds. The van der Waals surface area contributed by atoms with Crippen LogP contribution >= 0.6 is 0 Å². The molecule has 1 aliphatic carbocycles. The summed E-state index contributed by atoms with van der Waals surface area (Å²) < 4.78 is 54.0. The van der Waals surface area contributed by atoms with Crippen molar-refractivity contribution in [2.24, 2.45) is 11.1 Å². The number of hydrogen-bond donors (Lipinski definition) is 2. The van der Waals surface area contributed by atoms with Gasteiger partial charge in [-0.1, -0.05) is 0 Å². The SMILES string of the molecule is NS(=O)(=O)c1cc(F)c(OCC(=O)NCC2CC2)c(F)c1. The number of carbonyl (C=O) groups is 1. The van der Waals surface area contributed by atoms with Crippen molar-refractivity contribution in [2.75, 3.05) is 13.2 Å². The smallest absolute Gasteiger partial charge is 0.257 e. The molecular formula is C12H14F2N2O4S. The predicted octanol–water partition coefficient (Wildman–Crippen LogP) is 0.517. The number of primary sulfonamides is 1. The molecule has 6 nitrogen and oxygen atoms in total. The normalized spacial score (nSPS) is 14.8. The molecule has 0 radical (unpaired) electrons. The van der Waals surface area contributed by atoms with Crippen molar-refractivity contribution in [2.45, 2.75) is 17.7 Å². The van der Waals surface area contributed by atoms with E-state index in [9.17, 15) is 22.0 Å². The van der Waals surface area contributed by atoms with E-state index in [4.69, 9.17) is 9.88 Å². The number of benzene rings is 1. The van der Waals surface area contributed by atoms with Gasteiger partial charge in [-0.3, -0.25) is 4.79 Å². The van der Waals surface area contributed by atoms with Crippen LogP contribution in [0, 0.1) is 17.6 Å². The number of nitrogens with one attached hydrogen (secondary N) is 1. The van der Waals surface area contributed by atoms with Gasteiger partial charge in [0.25, 0.3) is 5.91 Å². The summed E-state index contributed by atoms with van der Waals surface area (Å²) in [5.41, 5.74) is 0. The number of ether oxygens (including phenoxy) is 1. The Hall–Kier alpha value is -1.74. The molecular weight excluding hydrogens is 306 g/mol. The van der Waals surface area contributed by atoms with Gasteiger partial charge in [-0.05, 0) is 30.9 Å². The molecule has 21 heavy (non-hydrogen) atoms. The first-order chi connectivity index (χ1) is 9.77. The molecule has 2 rings (SSSR count). The number of sulfonamides is 1. The Balaban J connectivity index is 2.01. The van der Waals surface area contributed by atoms with Crippen molar-refractivity contribution in [3.63, 3.8) is 0 Å². The van der Waals surface area contributed by atoms with E-state index in [1.54, 1.807) is 0 Å². The van der Waals surface area contributed by atoms with Crippen molar-refractivity contribution in [3.8, 4) is 5.75 Å². The van der Waals surface area contributed by atoms with Gasteiger partial charge in [0, 0.05) is 6.54 Å². The molecule has 0 saturated heterocycles. The second kappa shape index (κ2) is 5.94. The Morgan fingerprint density at radius 1 is 1.33 bits per heavy atom.